The van der Waals surface area contributed by atoms with Crippen LogP contribution in [0.5, 0.6) is 0 Å². The molecule has 1 aliphatic rings. The lowest BCUT2D eigenvalue weighted by Crippen LogP contribution is -2.32. The van der Waals surface area contributed by atoms with Gasteiger partial charge in [-0.3, -0.25) is 9.88 Å². The molecule has 0 bridgehead atoms. The first-order chi connectivity index (χ1) is 15.6. The molecule has 0 atom stereocenters. The lowest BCUT2D eigenvalue weighted by atomic mass is 9.87. The van der Waals surface area contributed by atoms with E-state index < -0.39 is 0 Å². The number of pyridine rings is 1. The van der Waals surface area contributed by atoms with Gasteiger partial charge in [0.25, 0.3) is 0 Å². The van der Waals surface area contributed by atoms with E-state index in [2.05, 4.69) is 75.9 Å². The predicted molar refractivity (Wildman–Crippen MR) is 130 cm³/mol. The molecule has 5 nitrogen and oxygen atoms in total. The maximum Gasteiger partial charge on any atom is 0.115 e. The Morgan fingerprint density at radius 3 is 2.56 bits per heavy atom. The van der Waals surface area contributed by atoms with Crippen LogP contribution >= 0.6 is 0 Å². The molecule has 4 heterocycles. The van der Waals surface area contributed by atoms with E-state index >= 15 is 0 Å². The summed E-state index contributed by atoms with van der Waals surface area (Å²) >= 11 is 0. The molecule has 4 aromatic rings. The maximum atomic E-state index is 4.38. The lowest BCUT2D eigenvalue weighted by molar-refractivity contribution is 0.204. The fraction of sp³-hybridized carbons (Fsp3) is 0.370. The van der Waals surface area contributed by atoms with Gasteiger partial charge in [-0.1, -0.05) is 19.9 Å². The number of fused-ring (bicyclic) bond motifs is 1. The summed E-state index contributed by atoms with van der Waals surface area (Å²) in [5.74, 6) is 1.06. The number of rotatable bonds is 5. The molecule has 0 saturated carbocycles. The number of aryl methyl sites for hydroxylation is 1. The highest BCUT2D eigenvalue weighted by Crippen LogP contribution is 2.38. The standard InChI is InChI=1S/C27H31N5/c1-18(2)26-24-13-22(4-5-25(24)31-27(26)23-6-9-30-19(3)12-23)21-7-10-32(11-8-21)16-20-14-28-17-29-15-20/h4-6,9,12-15,17-18,21,31H,7-8,10-11,16H2,1-3H3. The van der Waals surface area contributed by atoms with E-state index in [4.69, 9.17) is 0 Å². The van der Waals surface area contributed by atoms with E-state index in [0.717, 1.165) is 25.3 Å². The zero-order chi connectivity index (χ0) is 22.1. The number of H-pyrrole nitrogens is 1. The second-order valence-electron chi connectivity index (χ2n) is 9.36. The van der Waals surface area contributed by atoms with Crippen molar-refractivity contribution >= 4 is 10.9 Å². The van der Waals surface area contributed by atoms with E-state index in [1.54, 1.807) is 6.33 Å². The average Bonchev–Trinajstić information content (AvgIpc) is 3.19. The van der Waals surface area contributed by atoms with Gasteiger partial charge < -0.3 is 4.98 Å². The van der Waals surface area contributed by atoms with Crippen molar-refractivity contribution in [1.29, 1.82) is 0 Å². The Labute approximate surface area is 189 Å². The van der Waals surface area contributed by atoms with Crippen LogP contribution in [0.25, 0.3) is 22.2 Å². The van der Waals surface area contributed by atoms with E-state index in [9.17, 15) is 0 Å². The molecule has 164 valence electrons. The van der Waals surface area contributed by atoms with Crippen LogP contribution in [0.1, 0.15) is 60.9 Å². The zero-order valence-corrected chi connectivity index (χ0v) is 19.2. The van der Waals surface area contributed by atoms with Gasteiger partial charge in [0.15, 0.2) is 0 Å². The van der Waals surface area contributed by atoms with Gasteiger partial charge in [-0.15, -0.1) is 0 Å². The fourth-order valence-corrected chi connectivity index (χ4v) is 5.11. The zero-order valence-electron chi connectivity index (χ0n) is 19.2. The summed E-state index contributed by atoms with van der Waals surface area (Å²) in [6.07, 6.45) is 9.73. The molecule has 1 fully saturated rings. The van der Waals surface area contributed by atoms with Crippen LogP contribution < -0.4 is 0 Å². The Kier molecular flexibility index (Phi) is 5.75. The van der Waals surface area contributed by atoms with E-state index in [-0.39, 0.29) is 0 Å². The third kappa shape index (κ3) is 4.17. The fourth-order valence-electron chi connectivity index (χ4n) is 5.11. The van der Waals surface area contributed by atoms with Crippen LogP contribution in [0.4, 0.5) is 0 Å². The maximum absolute atomic E-state index is 4.38. The van der Waals surface area contributed by atoms with Crippen molar-refractivity contribution in [2.75, 3.05) is 13.1 Å². The summed E-state index contributed by atoms with van der Waals surface area (Å²) in [7, 11) is 0. The van der Waals surface area contributed by atoms with Crippen molar-refractivity contribution in [3.05, 3.63) is 77.6 Å². The molecule has 0 aliphatic carbocycles. The number of likely N-dealkylation sites (tertiary alicyclic amines) is 1. The molecule has 1 saturated heterocycles. The Bertz CT molecular complexity index is 1200. The average molecular weight is 426 g/mol. The van der Waals surface area contributed by atoms with Gasteiger partial charge in [-0.05, 0) is 80.1 Å². The first-order valence-electron chi connectivity index (χ1n) is 11.6. The number of nitrogens with one attached hydrogen (secondary N) is 1. The van der Waals surface area contributed by atoms with Crippen molar-refractivity contribution in [2.45, 2.75) is 52.0 Å². The van der Waals surface area contributed by atoms with Gasteiger partial charge in [0, 0.05) is 52.9 Å². The SMILES string of the molecule is Cc1cc(-c2[nH]c3ccc(C4CCN(Cc5cncnc5)CC4)cc3c2C(C)C)ccn1. The second-order valence-corrected chi connectivity index (χ2v) is 9.36. The van der Waals surface area contributed by atoms with Gasteiger partial charge in [0.2, 0.25) is 0 Å². The molecular formula is C27H31N5. The first kappa shape index (κ1) is 20.8. The van der Waals surface area contributed by atoms with Gasteiger partial charge in [-0.2, -0.15) is 0 Å². The van der Waals surface area contributed by atoms with Gasteiger partial charge in [0.05, 0.1) is 5.69 Å². The highest BCUT2D eigenvalue weighted by Gasteiger charge is 2.23. The van der Waals surface area contributed by atoms with E-state index in [1.165, 1.54) is 51.7 Å². The molecule has 1 aliphatic heterocycles. The quantitative estimate of drug-likeness (QED) is 0.437. The Hall–Kier alpha value is -3.05. The minimum atomic E-state index is 0.442. The minimum Gasteiger partial charge on any atom is -0.354 e. The highest BCUT2D eigenvalue weighted by atomic mass is 15.1. The monoisotopic (exact) mass is 425 g/mol. The summed E-state index contributed by atoms with van der Waals surface area (Å²) in [6.45, 7) is 9.80. The highest BCUT2D eigenvalue weighted by molar-refractivity contribution is 5.92. The van der Waals surface area contributed by atoms with Crippen LogP contribution in [0.2, 0.25) is 0 Å². The largest absolute Gasteiger partial charge is 0.354 e. The number of benzene rings is 1. The number of hydrogen-bond donors (Lipinski definition) is 1. The summed E-state index contributed by atoms with van der Waals surface area (Å²) in [5.41, 5.74) is 8.80. The van der Waals surface area contributed by atoms with Crippen molar-refractivity contribution in [3.8, 4) is 11.3 Å². The van der Waals surface area contributed by atoms with E-state index in [1.807, 2.05) is 18.6 Å². The Balaban J connectivity index is 1.39. The molecule has 0 unspecified atom stereocenters. The number of aromatic amines is 1. The number of piperidine rings is 1. The predicted octanol–water partition coefficient (Wildman–Crippen LogP) is 5.83. The topological polar surface area (TPSA) is 57.7 Å². The molecule has 32 heavy (non-hydrogen) atoms. The van der Waals surface area contributed by atoms with Gasteiger partial charge in [0.1, 0.15) is 6.33 Å². The summed E-state index contributed by atoms with van der Waals surface area (Å²) in [4.78, 5) is 18.9. The minimum absolute atomic E-state index is 0.442. The van der Waals surface area contributed by atoms with Crippen molar-refractivity contribution in [1.82, 2.24) is 24.8 Å². The molecule has 0 spiro atoms. The number of nitrogens with zero attached hydrogens (tertiary/aromatic N) is 4. The van der Waals surface area contributed by atoms with Crippen LogP contribution in [-0.4, -0.2) is 37.9 Å². The molecule has 1 N–H and O–H groups in total. The first-order valence-corrected chi connectivity index (χ1v) is 11.6. The third-order valence-corrected chi connectivity index (χ3v) is 6.70. The summed E-state index contributed by atoms with van der Waals surface area (Å²) < 4.78 is 0. The molecule has 0 radical (unpaired) electrons. The Morgan fingerprint density at radius 2 is 1.84 bits per heavy atom. The normalized spacial score (nSPS) is 15.6. The van der Waals surface area contributed by atoms with Crippen molar-refractivity contribution in [2.24, 2.45) is 0 Å². The molecule has 0 amide bonds. The second kappa shape index (κ2) is 8.83. The molecule has 3 aromatic heterocycles. The molecular weight excluding hydrogens is 394 g/mol. The molecule has 1 aromatic carbocycles. The van der Waals surface area contributed by atoms with Crippen molar-refractivity contribution in [3.63, 3.8) is 0 Å². The summed E-state index contributed by atoms with van der Waals surface area (Å²) in [5, 5.41) is 1.37. The van der Waals surface area contributed by atoms with Crippen molar-refractivity contribution < 1.29 is 0 Å². The number of hydrogen-bond acceptors (Lipinski definition) is 4. The summed E-state index contributed by atoms with van der Waals surface area (Å²) in [6, 6.07) is 11.3. The number of aromatic nitrogens is 4. The van der Waals surface area contributed by atoms with Gasteiger partial charge in [-0.25, -0.2) is 9.97 Å². The van der Waals surface area contributed by atoms with Crippen LogP contribution in [-0.2, 0) is 6.54 Å². The smallest absolute Gasteiger partial charge is 0.115 e. The Morgan fingerprint density at radius 1 is 1.06 bits per heavy atom. The van der Waals surface area contributed by atoms with Crippen LogP contribution in [0.3, 0.4) is 0 Å². The van der Waals surface area contributed by atoms with Gasteiger partial charge >= 0.3 is 0 Å². The molecule has 5 rings (SSSR count). The lowest BCUT2D eigenvalue weighted by Gasteiger charge is -2.32. The van der Waals surface area contributed by atoms with Crippen LogP contribution in [0.15, 0.2) is 55.2 Å². The van der Waals surface area contributed by atoms with E-state index in [0.29, 0.717) is 11.8 Å². The molecule has 5 heteroatoms. The third-order valence-electron chi connectivity index (χ3n) is 6.70. The van der Waals surface area contributed by atoms with Crippen LogP contribution in [0, 0.1) is 6.92 Å².